The number of para-hydroxylation sites is 1. The number of fused-ring (bicyclic) bond motifs is 5. The molecule has 1 unspecified atom stereocenters. The predicted octanol–water partition coefficient (Wildman–Crippen LogP) is 2.87. The van der Waals surface area contributed by atoms with Gasteiger partial charge >= 0.3 is 0 Å². The SMILES string of the molecule is Cn1c2c(c3ccccc31)CCN1CCCC21. The topological polar surface area (TPSA) is 8.17 Å². The van der Waals surface area contributed by atoms with Crippen molar-refractivity contribution in [1.29, 1.82) is 0 Å². The van der Waals surface area contributed by atoms with Crippen LogP contribution in [0, 0.1) is 0 Å². The first-order chi connectivity index (χ1) is 8.36. The molecule has 3 heterocycles. The molecule has 1 atom stereocenters. The fourth-order valence-corrected chi connectivity index (χ4v) is 3.84. The van der Waals surface area contributed by atoms with Gasteiger partial charge in [0.25, 0.3) is 0 Å². The molecule has 1 fully saturated rings. The Bertz CT molecular complexity index is 582. The van der Waals surface area contributed by atoms with E-state index in [0.717, 1.165) is 0 Å². The van der Waals surface area contributed by atoms with E-state index in [-0.39, 0.29) is 0 Å². The molecule has 17 heavy (non-hydrogen) atoms. The number of hydrogen-bond donors (Lipinski definition) is 0. The van der Waals surface area contributed by atoms with Crippen molar-refractivity contribution in [2.75, 3.05) is 13.1 Å². The van der Waals surface area contributed by atoms with Crippen LogP contribution in [-0.4, -0.2) is 22.6 Å². The second kappa shape index (κ2) is 3.36. The Kier molecular flexibility index (Phi) is 1.92. The standard InChI is InChI=1S/C15H18N2/c1-16-13-6-3-2-5-11(13)12-8-10-17-9-4-7-14(17)15(12)16/h2-3,5-6,14H,4,7-10H2,1H3. The first-order valence-electron chi connectivity index (χ1n) is 6.66. The number of aryl methyl sites for hydroxylation is 1. The van der Waals surface area contributed by atoms with Crippen molar-refractivity contribution in [2.24, 2.45) is 7.05 Å². The molecule has 1 aromatic carbocycles. The highest BCUT2D eigenvalue weighted by Crippen LogP contribution is 2.41. The van der Waals surface area contributed by atoms with Crippen LogP contribution >= 0.6 is 0 Å². The molecule has 0 bridgehead atoms. The van der Waals surface area contributed by atoms with Gasteiger partial charge in [-0.2, -0.15) is 0 Å². The Labute approximate surface area is 102 Å². The summed E-state index contributed by atoms with van der Waals surface area (Å²) in [6.45, 7) is 2.55. The molecule has 0 radical (unpaired) electrons. The molecule has 2 aliphatic rings. The van der Waals surface area contributed by atoms with Crippen LogP contribution in [0.1, 0.15) is 30.1 Å². The molecular formula is C15H18N2. The highest BCUT2D eigenvalue weighted by Gasteiger charge is 2.34. The molecule has 4 rings (SSSR count). The van der Waals surface area contributed by atoms with Gasteiger partial charge in [-0.1, -0.05) is 18.2 Å². The van der Waals surface area contributed by atoms with Crippen LogP contribution in [0.5, 0.6) is 0 Å². The summed E-state index contributed by atoms with van der Waals surface area (Å²) in [4.78, 5) is 2.67. The molecule has 2 aromatic rings. The first kappa shape index (κ1) is 9.72. The highest BCUT2D eigenvalue weighted by atomic mass is 15.2. The molecule has 2 heteroatoms. The molecule has 0 N–H and O–H groups in total. The van der Waals surface area contributed by atoms with Crippen molar-refractivity contribution >= 4 is 10.9 Å². The monoisotopic (exact) mass is 226 g/mol. The average molecular weight is 226 g/mol. The van der Waals surface area contributed by atoms with Gasteiger partial charge in [0.1, 0.15) is 0 Å². The van der Waals surface area contributed by atoms with E-state index < -0.39 is 0 Å². The highest BCUT2D eigenvalue weighted by molar-refractivity contribution is 5.86. The van der Waals surface area contributed by atoms with Gasteiger partial charge in [-0.05, 0) is 37.4 Å². The van der Waals surface area contributed by atoms with Crippen LogP contribution in [-0.2, 0) is 13.5 Å². The summed E-state index contributed by atoms with van der Waals surface area (Å²) < 4.78 is 2.44. The number of rotatable bonds is 0. The molecule has 1 aromatic heterocycles. The number of aromatic nitrogens is 1. The van der Waals surface area contributed by atoms with Gasteiger partial charge in [-0.3, -0.25) is 4.90 Å². The predicted molar refractivity (Wildman–Crippen MR) is 70.2 cm³/mol. The molecule has 0 spiro atoms. The molecule has 88 valence electrons. The Morgan fingerprint density at radius 1 is 1.18 bits per heavy atom. The maximum Gasteiger partial charge on any atom is 0.0504 e. The third kappa shape index (κ3) is 1.19. The number of nitrogens with zero attached hydrogens (tertiary/aromatic N) is 2. The van der Waals surface area contributed by atoms with E-state index in [1.165, 1.54) is 43.3 Å². The Morgan fingerprint density at radius 2 is 2.06 bits per heavy atom. The van der Waals surface area contributed by atoms with Gasteiger partial charge in [-0.15, -0.1) is 0 Å². The van der Waals surface area contributed by atoms with E-state index in [4.69, 9.17) is 0 Å². The number of hydrogen-bond acceptors (Lipinski definition) is 1. The van der Waals surface area contributed by atoms with Crippen molar-refractivity contribution in [3.63, 3.8) is 0 Å². The zero-order valence-corrected chi connectivity index (χ0v) is 10.3. The zero-order valence-electron chi connectivity index (χ0n) is 10.3. The normalized spacial score (nSPS) is 23.9. The van der Waals surface area contributed by atoms with Crippen molar-refractivity contribution in [1.82, 2.24) is 9.47 Å². The van der Waals surface area contributed by atoms with Gasteiger partial charge in [0, 0.05) is 30.2 Å². The average Bonchev–Trinajstić information content (AvgIpc) is 2.93. The van der Waals surface area contributed by atoms with Crippen molar-refractivity contribution in [2.45, 2.75) is 25.3 Å². The Morgan fingerprint density at radius 3 is 3.00 bits per heavy atom. The zero-order chi connectivity index (χ0) is 11.4. The first-order valence-corrected chi connectivity index (χ1v) is 6.66. The Balaban J connectivity index is 2.03. The summed E-state index contributed by atoms with van der Waals surface area (Å²) in [5.41, 5.74) is 4.62. The van der Waals surface area contributed by atoms with Crippen LogP contribution in [0.3, 0.4) is 0 Å². The van der Waals surface area contributed by atoms with Crippen molar-refractivity contribution < 1.29 is 0 Å². The van der Waals surface area contributed by atoms with E-state index >= 15 is 0 Å². The molecule has 2 aliphatic heterocycles. The van der Waals surface area contributed by atoms with Crippen LogP contribution in [0.2, 0.25) is 0 Å². The minimum atomic E-state index is 0.691. The molecule has 0 aliphatic carbocycles. The fraction of sp³-hybridized carbons (Fsp3) is 0.467. The van der Waals surface area contributed by atoms with Gasteiger partial charge < -0.3 is 4.57 Å². The molecule has 2 nitrogen and oxygen atoms in total. The lowest BCUT2D eigenvalue weighted by Crippen LogP contribution is -2.31. The lowest BCUT2D eigenvalue weighted by molar-refractivity contribution is 0.236. The minimum Gasteiger partial charge on any atom is -0.346 e. The van der Waals surface area contributed by atoms with Gasteiger partial charge in [0.2, 0.25) is 0 Å². The van der Waals surface area contributed by atoms with Crippen molar-refractivity contribution in [3.05, 3.63) is 35.5 Å². The van der Waals surface area contributed by atoms with E-state index in [0.29, 0.717) is 6.04 Å². The van der Waals surface area contributed by atoms with Crippen LogP contribution in [0.15, 0.2) is 24.3 Å². The van der Waals surface area contributed by atoms with Crippen molar-refractivity contribution in [3.8, 4) is 0 Å². The lowest BCUT2D eigenvalue weighted by Gasteiger charge is -2.30. The van der Waals surface area contributed by atoms with E-state index in [1.807, 2.05) is 0 Å². The largest absolute Gasteiger partial charge is 0.346 e. The molecule has 1 saturated heterocycles. The van der Waals surface area contributed by atoms with E-state index in [1.54, 1.807) is 11.3 Å². The fourth-order valence-electron chi connectivity index (χ4n) is 3.84. The van der Waals surface area contributed by atoms with Gasteiger partial charge in [-0.25, -0.2) is 0 Å². The lowest BCUT2D eigenvalue weighted by atomic mass is 9.98. The summed E-state index contributed by atoms with van der Waals surface area (Å²) in [6, 6.07) is 9.56. The summed E-state index contributed by atoms with van der Waals surface area (Å²) >= 11 is 0. The smallest absolute Gasteiger partial charge is 0.0504 e. The van der Waals surface area contributed by atoms with Gasteiger partial charge in [0.05, 0.1) is 6.04 Å². The summed E-state index contributed by atoms with van der Waals surface area (Å²) in [5.74, 6) is 0. The minimum absolute atomic E-state index is 0.691. The molecule has 0 saturated carbocycles. The quantitative estimate of drug-likeness (QED) is 0.670. The number of benzene rings is 1. The maximum atomic E-state index is 2.67. The second-order valence-electron chi connectivity index (χ2n) is 5.38. The summed E-state index contributed by atoms with van der Waals surface area (Å²) in [7, 11) is 2.24. The van der Waals surface area contributed by atoms with E-state index in [9.17, 15) is 0 Å². The Hall–Kier alpha value is -1.28. The maximum absolute atomic E-state index is 2.67. The molecule has 0 amide bonds. The van der Waals surface area contributed by atoms with E-state index in [2.05, 4.69) is 40.8 Å². The third-order valence-electron chi connectivity index (χ3n) is 4.59. The third-order valence-corrected chi connectivity index (χ3v) is 4.59. The molecular weight excluding hydrogens is 208 g/mol. The second-order valence-corrected chi connectivity index (χ2v) is 5.38. The van der Waals surface area contributed by atoms with Gasteiger partial charge in [0.15, 0.2) is 0 Å². The van der Waals surface area contributed by atoms with Crippen LogP contribution in [0.25, 0.3) is 10.9 Å². The van der Waals surface area contributed by atoms with Crippen LogP contribution < -0.4 is 0 Å². The summed E-state index contributed by atoms with van der Waals surface area (Å²) in [6.07, 6.45) is 3.94. The summed E-state index contributed by atoms with van der Waals surface area (Å²) in [5, 5.41) is 1.48. The van der Waals surface area contributed by atoms with Crippen LogP contribution in [0.4, 0.5) is 0 Å².